The number of nitrogens with zero attached hydrogens (tertiary/aromatic N) is 2. The molecule has 0 saturated heterocycles. The Hall–Kier alpha value is -2.70. The maximum atomic E-state index is 12.5. The molecule has 134 valence electrons. The fourth-order valence-electron chi connectivity index (χ4n) is 2.43. The van der Waals surface area contributed by atoms with Gasteiger partial charge in [0.25, 0.3) is 11.8 Å². The third kappa shape index (κ3) is 4.28. The highest BCUT2D eigenvalue weighted by molar-refractivity contribution is 6.30. The van der Waals surface area contributed by atoms with E-state index in [0.29, 0.717) is 35.1 Å². The first-order valence-electron chi connectivity index (χ1n) is 8.15. The quantitative estimate of drug-likeness (QED) is 0.639. The predicted molar refractivity (Wildman–Crippen MR) is 99.0 cm³/mol. The Morgan fingerprint density at radius 2 is 1.96 bits per heavy atom. The molecular formula is C19H18ClN3O3. The lowest BCUT2D eigenvalue weighted by molar-refractivity contribution is 0.0949. The van der Waals surface area contributed by atoms with Crippen molar-refractivity contribution < 1.29 is 14.1 Å². The summed E-state index contributed by atoms with van der Waals surface area (Å²) in [5, 5.41) is 7.50. The van der Waals surface area contributed by atoms with Crippen LogP contribution in [0.5, 0.6) is 0 Å². The molecule has 0 aliphatic heterocycles. The number of benzene rings is 2. The lowest BCUT2D eigenvalue weighted by atomic mass is 10.1. The van der Waals surface area contributed by atoms with E-state index in [-0.39, 0.29) is 11.8 Å². The molecule has 26 heavy (non-hydrogen) atoms. The minimum absolute atomic E-state index is 0.192. The van der Waals surface area contributed by atoms with Crippen LogP contribution in [0.4, 0.5) is 0 Å². The predicted octanol–water partition coefficient (Wildman–Crippen LogP) is 3.82. The van der Waals surface area contributed by atoms with Crippen LogP contribution in [-0.2, 0) is 4.74 Å². The van der Waals surface area contributed by atoms with E-state index < -0.39 is 0 Å². The highest BCUT2D eigenvalue weighted by Crippen LogP contribution is 2.25. The molecule has 0 saturated carbocycles. The summed E-state index contributed by atoms with van der Waals surface area (Å²) in [5.41, 5.74) is 1.85. The van der Waals surface area contributed by atoms with Gasteiger partial charge in [-0.3, -0.25) is 4.79 Å². The number of methoxy groups -OCH3 is 1. The summed E-state index contributed by atoms with van der Waals surface area (Å²) >= 11 is 5.90. The summed E-state index contributed by atoms with van der Waals surface area (Å²) in [7, 11) is 1.63. The van der Waals surface area contributed by atoms with Gasteiger partial charge in [0.15, 0.2) is 0 Å². The van der Waals surface area contributed by atoms with Crippen molar-refractivity contribution in [3.63, 3.8) is 0 Å². The Kier molecular flexibility index (Phi) is 5.99. The number of carbonyl (C=O) groups is 1. The van der Waals surface area contributed by atoms with Crippen molar-refractivity contribution in [3.05, 3.63) is 59.1 Å². The van der Waals surface area contributed by atoms with E-state index in [1.807, 2.05) is 18.2 Å². The first-order valence-corrected chi connectivity index (χ1v) is 8.53. The second kappa shape index (κ2) is 8.60. The second-order valence-corrected chi connectivity index (χ2v) is 6.01. The molecule has 1 amide bonds. The minimum atomic E-state index is -0.192. The van der Waals surface area contributed by atoms with E-state index in [0.717, 1.165) is 12.0 Å². The van der Waals surface area contributed by atoms with Gasteiger partial charge < -0.3 is 14.6 Å². The van der Waals surface area contributed by atoms with Crippen LogP contribution in [0.2, 0.25) is 5.02 Å². The van der Waals surface area contributed by atoms with Crippen LogP contribution in [0.3, 0.4) is 0 Å². The first-order chi connectivity index (χ1) is 12.7. The van der Waals surface area contributed by atoms with Gasteiger partial charge in [-0.15, -0.1) is 0 Å². The van der Waals surface area contributed by atoms with Crippen molar-refractivity contribution >= 4 is 17.5 Å². The highest BCUT2D eigenvalue weighted by atomic mass is 35.5. The third-order valence-electron chi connectivity index (χ3n) is 3.74. The molecule has 1 heterocycles. The van der Waals surface area contributed by atoms with Crippen LogP contribution in [0.25, 0.3) is 22.8 Å². The number of hydrogen-bond donors (Lipinski definition) is 1. The Balaban J connectivity index is 1.82. The number of hydrogen-bond acceptors (Lipinski definition) is 5. The van der Waals surface area contributed by atoms with Gasteiger partial charge in [-0.2, -0.15) is 4.98 Å². The van der Waals surface area contributed by atoms with Crippen LogP contribution in [0.1, 0.15) is 16.8 Å². The monoisotopic (exact) mass is 371 g/mol. The van der Waals surface area contributed by atoms with Gasteiger partial charge in [-0.25, -0.2) is 0 Å². The van der Waals surface area contributed by atoms with Crippen LogP contribution in [-0.4, -0.2) is 36.3 Å². The van der Waals surface area contributed by atoms with E-state index in [1.165, 1.54) is 0 Å². The molecule has 1 N–H and O–H groups in total. The Bertz CT molecular complexity index is 878. The van der Waals surface area contributed by atoms with Crippen LogP contribution >= 0.6 is 11.6 Å². The molecule has 3 aromatic rings. The summed E-state index contributed by atoms with van der Waals surface area (Å²) in [5.74, 6) is 0.535. The topological polar surface area (TPSA) is 77.2 Å². The van der Waals surface area contributed by atoms with Crippen LogP contribution in [0.15, 0.2) is 53.1 Å². The van der Waals surface area contributed by atoms with E-state index in [4.69, 9.17) is 20.9 Å². The number of carbonyl (C=O) groups excluding carboxylic acids is 1. The summed E-state index contributed by atoms with van der Waals surface area (Å²) in [6, 6.07) is 14.3. The first kappa shape index (κ1) is 18.1. The van der Waals surface area contributed by atoms with Gasteiger partial charge in [0, 0.05) is 30.8 Å². The highest BCUT2D eigenvalue weighted by Gasteiger charge is 2.17. The SMILES string of the molecule is COCCCNC(=O)c1ccccc1-c1nc(-c2ccc(Cl)cc2)no1. The van der Waals surface area contributed by atoms with Crippen LogP contribution < -0.4 is 5.32 Å². The molecule has 0 spiro atoms. The van der Waals surface area contributed by atoms with Gasteiger partial charge in [-0.05, 0) is 42.8 Å². The summed E-state index contributed by atoms with van der Waals surface area (Å²) in [6.07, 6.45) is 0.742. The Morgan fingerprint density at radius 1 is 1.19 bits per heavy atom. The second-order valence-electron chi connectivity index (χ2n) is 5.58. The van der Waals surface area contributed by atoms with E-state index >= 15 is 0 Å². The lowest BCUT2D eigenvalue weighted by Gasteiger charge is -2.07. The smallest absolute Gasteiger partial charge is 0.259 e. The van der Waals surface area contributed by atoms with E-state index in [9.17, 15) is 4.79 Å². The number of halogens is 1. The molecule has 3 rings (SSSR count). The minimum Gasteiger partial charge on any atom is -0.385 e. The van der Waals surface area contributed by atoms with Gasteiger partial charge >= 0.3 is 0 Å². The average Bonchev–Trinajstić information content (AvgIpc) is 3.16. The molecule has 1 aromatic heterocycles. The number of ether oxygens (including phenoxy) is 1. The Morgan fingerprint density at radius 3 is 2.73 bits per heavy atom. The lowest BCUT2D eigenvalue weighted by Crippen LogP contribution is -2.25. The fourth-order valence-corrected chi connectivity index (χ4v) is 2.56. The molecule has 0 bridgehead atoms. The summed E-state index contributed by atoms with van der Waals surface area (Å²) < 4.78 is 10.4. The molecule has 0 atom stereocenters. The van der Waals surface area contributed by atoms with Crippen molar-refractivity contribution in [2.45, 2.75) is 6.42 Å². The van der Waals surface area contributed by atoms with Gasteiger partial charge in [0.2, 0.25) is 5.82 Å². The third-order valence-corrected chi connectivity index (χ3v) is 3.99. The van der Waals surface area contributed by atoms with E-state index in [2.05, 4.69) is 15.5 Å². The fraction of sp³-hybridized carbons (Fsp3) is 0.211. The summed E-state index contributed by atoms with van der Waals surface area (Å²) in [6.45, 7) is 1.12. The largest absolute Gasteiger partial charge is 0.385 e. The van der Waals surface area contributed by atoms with Crippen molar-refractivity contribution in [3.8, 4) is 22.8 Å². The number of rotatable bonds is 7. The van der Waals surface area contributed by atoms with E-state index in [1.54, 1.807) is 37.4 Å². The maximum Gasteiger partial charge on any atom is 0.259 e. The molecule has 2 aromatic carbocycles. The number of amides is 1. The molecule has 7 heteroatoms. The molecule has 0 fully saturated rings. The molecule has 0 aliphatic carbocycles. The van der Waals surface area contributed by atoms with Crippen molar-refractivity contribution in [1.82, 2.24) is 15.5 Å². The molecule has 0 unspecified atom stereocenters. The van der Waals surface area contributed by atoms with Gasteiger partial charge in [-0.1, -0.05) is 28.9 Å². The van der Waals surface area contributed by atoms with Crippen molar-refractivity contribution in [2.24, 2.45) is 0 Å². The molecule has 6 nitrogen and oxygen atoms in total. The van der Waals surface area contributed by atoms with Gasteiger partial charge in [0.1, 0.15) is 0 Å². The zero-order chi connectivity index (χ0) is 18.4. The standard InChI is InChI=1S/C19H18ClN3O3/c1-25-12-4-11-21-18(24)15-5-2-3-6-16(15)19-22-17(23-26-19)13-7-9-14(20)10-8-13/h2-3,5-10H,4,11-12H2,1H3,(H,21,24). The van der Waals surface area contributed by atoms with Gasteiger partial charge in [0.05, 0.1) is 11.1 Å². The summed E-state index contributed by atoms with van der Waals surface area (Å²) in [4.78, 5) is 16.9. The zero-order valence-corrected chi connectivity index (χ0v) is 15.0. The molecule has 0 aliphatic rings. The normalized spacial score (nSPS) is 10.7. The van der Waals surface area contributed by atoms with Crippen molar-refractivity contribution in [2.75, 3.05) is 20.3 Å². The van der Waals surface area contributed by atoms with Crippen molar-refractivity contribution in [1.29, 1.82) is 0 Å². The molecule has 0 radical (unpaired) electrons. The Labute approximate surface area is 156 Å². The average molecular weight is 372 g/mol. The van der Waals surface area contributed by atoms with Crippen LogP contribution in [0, 0.1) is 0 Å². The number of aromatic nitrogens is 2. The zero-order valence-electron chi connectivity index (χ0n) is 14.2. The maximum absolute atomic E-state index is 12.5. The number of nitrogens with one attached hydrogen (secondary N) is 1. The molecular weight excluding hydrogens is 354 g/mol.